The Bertz CT molecular complexity index is 880. The number of fused-ring (bicyclic) bond motifs is 1. The van der Waals surface area contributed by atoms with Crippen molar-refractivity contribution in [2.75, 3.05) is 25.0 Å². The van der Waals surface area contributed by atoms with Crippen molar-refractivity contribution in [1.29, 1.82) is 0 Å². The number of carbonyl (C=O) groups excluding carboxylic acids is 1. The highest BCUT2D eigenvalue weighted by Gasteiger charge is 2.30. The van der Waals surface area contributed by atoms with Gasteiger partial charge in [0, 0.05) is 25.8 Å². The number of alkyl halides is 3. The fourth-order valence-electron chi connectivity index (χ4n) is 3.12. The zero-order valence-electron chi connectivity index (χ0n) is 15.4. The third-order valence-electron chi connectivity index (χ3n) is 4.53. The molecule has 0 aliphatic carbocycles. The molecule has 3 rings (SSSR count). The van der Waals surface area contributed by atoms with Gasteiger partial charge in [-0.15, -0.1) is 0 Å². The lowest BCUT2D eigenvalue weighted by atomic mass is 10.1. The van der Waals surface area contributed by atoms with Crippen LogP contribution in [0.5, 0.6) is 0 Å². The van der Waals surface area contributed by atoms with Crippen LogP contribution in [0.2, 0.25) is 0 Å². The fraction of sp³-hybridized carbons (Fsp3) is 0.300. The van der Waals surface area contributed by atoms with Gasteiger partial charge in [0.25, 0.3) is 0 Å². The van der Waals surface area contributed by atoms with Crippen molar-refractivity contribution in [2.24, 2.45) is 4.99 Å². The second-order valence-electron chi connectivity index (χ2n) is 6.40. The second kappa shape index (κ2) is 8.33. The molecule has 2 aromatic carbocycles. The SMILES string of the molecule is CN=C(NCC(=O)N1CCc2ccccc21)NCc1cccc(C(F)(F)F)c1. The molecule has 8 heteroatoms. The maximum atomic E-state index is 12.8. The second-order valence-corrected chi connectivity index (χ2v) is 6.40. The van der Waals surface area contributed by atoms with Crippen LogP contribution < -0.4 is 15.5 Å². The Kier molecular flexibility index (Phi) is 5.87. The number of aliphatic imine (C=N–C) groups is 1. The Morgan fingerprint density at radius 2 is 1.93 bits per heavy atom. The molecule has 0 radical (unpaired) electrons. The monoisotopic (exact) mass is 390 g/mol. The molecule has 1 heterocycles. The highest BCUT2D eigenvalue weighted by Crippen LogP contribution is 2.29. The number of anilines is 1. The molecule has 0 saturated heterocycles. The lowest BCUT2D eigenvalue weighted by molar-refractivity contribution is -0.137. The minimum atomic E-state index is -4.38. The molecule has 5 nitrogen and oxygen atoms in total. The van der Waals surface area contributed by atoms with Crippen molar-refractivity contribution in [2.45, 2.75) is 19.1 Å². The average Bonchev–Trinajstić information content (AvgIpc) is 3.12. The van der Waals surface area contributed by atoms with Crippen molar-refractivity contribution >= 4 is 17.6 Å². The van der Waals surface area contributed by atoms with Crippen molar-refractivity contribution < 1.29 is 18.0 Å². The molecular formula is C20H21F3N4O. The standard InChI is InChI=1S/C20H21F3N4O/c1-24-19(25-12-14-5-4-7-16(11-14)20(21,22)23)26-13-18(28)27-10-9-15-6-2-3-8-17(15)27/h2-8,11H,9-10,12-13H2,1H3,(H2,24,25,26). The summed E-state index contributed by atoms with van der Waals surface area (Å²) in [5.41, 5.74) is 1.83. The minimum Gasteiger partial charge on any atom is -0.352 e. The Morgan fingerprint density at radius 3 is 2.68 bits per heavy atom. The number of para-hydroxylation sites is 1. The number of nitrogens with one attached hydrogen (secondary N) is 2. The van der Waals surface area contributed by atoms with Gasteiger partial charge in [-0.05, 0) is 35.7 Å². The number of nitrogens with zero attached hydrogens (tertiary/aromatic N) is 2. The molecule has 28 heavy (non-hydrogen) atoms. The van der Waals surface area contributed by atoms with E-state index in [0.717, 1.165) is 29.8 Å². The highest BCUT2D eigenvalue weighted by atomic mass is 19.4. The Labute approximate surface area is 161 Å². The highest BCUT2D eigenvalue weighted by molar-refractivity contribution is 5.98. The topological polar surface area (TPSA) is 56.7 Å². The van der Waals surface area contributed by atoms with Crippen LogP contribution in [0.1, 0.15) is 16.7 Å². The maximum absolute atomic E-state index is 12.8. The van der Waals surface area contributed by atoms with Gasteiger partial charge in [0.2, 0.25) is 5.91 Å². The average molecular weight is 390 g/mol. The Hall–Kier alpha value is -3.03. The maximum Gasteiger partial charge on any atom is 0.416 e. The van der Waals surface area contributed by atoms with Crippen molar-refractivity contribution in [3.63, 3.8) is 0 Å². The van der Waals surface area contributed by atoms with E-state index in [1.54, 1.807) is 11.0 Å². The summed E-state index contributed by atoms with van der Waals surface area (Å²) in [6, 6.07) is 12.9. The number of hydrogen-bond donors (Lipinski definition) is 2. The van der Waals surface area contributed by atoms with Crippen LogP contribution in [-0.2, 0) is 23.9 Å². The first kappa shape index (κ1) is 19.7. The van der Waals surface area contributed by atoms with Gasteiger partial charge in [-0.2, -0.15) is 13.2 Å². The number of carbonyl (C=O) groups is 1. The first-order valence-corrected chi connectivity index (χ1v) is 8.87. The number of benzene rings is 2. The summed E-state index contributed by atoms with van der Waals surface area (Å²) in [6.45, 7) is 0.830. The molecule has 0 atom stereocenters. The first-order valence-electron chi connectivity index (χ1n) is 8.87. The zero-order valence-corrected chi connectivity index (χ0v) is 15.4. The molecule has 2 aromatic rings. The number of amides is 1. The lowest BCUT2D eigenvalue weighted by Crippen LogP contribution is -2.44. The van der Waals surface area contributed by atoms with Gasteiger partial charge >= 0.3 is 6.18 Å². The summed E-state index contributed by atoms with van der Waals surface area (Å²) in [4.78, 5) is 18.3. The molecule has 0 aromatic heterocycles. The van der Waals surface area contributed by atoms with E-state index in [0.29, 0.717) is 18.1 Å². The zero-order chi connectivity index (χ0) is 20.1. The number of halogens is 3. The molecule has 0 bridgehead atoms. The van der Waals surface area contributed by atoms with Gasteiger partial charge in [-0.25, -0.2) is 0 Å². The molecule has 1 amide bonds. The van der Waals surface area contributed by atoms with E-state index in [-0.39, 0.29) is 19.0 Å². The van der Waals surface area contributed by atoms with Crippen LogP contribution in [0.25, 0.3) is 0 Å². The Morgan fingerprint density at radius 1 is 1.14 bits per heavy atom. The number of rotatable bonds is 4. The smallest absolute Gasteiger partial charge is 0.352 e. The predicted octanol–water partition coefficient (Wildman–Crippen LogP) is 2.96. The van der Waals surface area contributed by atoms with E-state index in [9.17, 15) is 18.0 Å². The van der Waals surface area contributed by atoms with Crippen molar-refractivity contribution in [1.82, 2.24) is 10.6 Å². The van der Waals surface area contributed by atoms with Gasteiger partial charge in [0.05, 0.1) is 12.1 Å². The summed E-state index contributed by atoms with van der Waals surface area (Å²) in [6.07, 6.45) is -3.56. The van der Waals surface area contributed by atoms with Crippen molar-refractivity contribution in [3.05, 3.63) is 65.2 Å². The van der Waals surface area contributed by atoms with E-state index >= 15 is 0 Å². The van der Waals surface area contributed by atoms with E-state index in [2.05, 4.69) is 15.6 Å². The third-order valence-corrected chi connectivity index (χ3v) is 4.53. The lowest BCUT2D eigenvalue weighted by Gasteiger charge is -2.19. The largest absolute Gasteiger partial charge is 0.416 e. The molecule has 0 saturated carbocycles. The summed E-state index contributed by atoms with van der Waals surface area (Å²) in [7, 11) is 1.54. The normalized spacial score (nSPS) is 14.0. The van der Waals surface area contributed by atoms with Gasteiger partial charge in [-0.3, -0.25) is 9.79 Å². The van der Waals surface area contributed by atoms with Gasteiger partial charge in [0.15, 0.2) is 5.96 Å². The molecule has 1 aliphatic rings. The van der Waals surface area contributed by atoms with Gasteiger partial charge in [0.1, 0.15) is 0 Å². The molecule has 2 N–H and O–H groups in total. The van der Waals surface area contributed by atoms with Crippen LogP contribution in [0, 0.1) is 0 Å². The van der Waals surface area contributed by atoms with Crippen LogP contribution in [0.4, 0.5) is 18.9 Å². The quantitative estimate of drug-likeness (QED) is 0.624. The summed E-state index contributed by atoms with van der Waals surface area (Å²) in [5.74, 6) is 0.255. The molecule has 0 fully saturated rings. The van der Waals surface area contributed by atoms with Crippen LogP contribution >= 0.6 is 0 Å². The number of guanidine groups is 1. The van der Waals surface area contributed by atoms with Crippen LogP contribution in [-0.4, -0.2) is 32.0 Å². The van der Waals surface area contributed by atoms with E-state index in [1.807, 2.05) is 24.3 Å². The first-order chi connectivity index (χ1) is 13.4. The molecule has 148 valence electrons. The van der Waals surface area contributed by atoms with E-state index < -0.39 is 11.7 Å². The van der Waals surface area contributed by atoms with Crippen LogP contribution in [0.3, 0.4) is 0 Å². The van der Waals surface area contributed by atoms with E-state index in [1.165, 1.54) is 13.1 Å². The molecule has 1 aliphatic heterocycles. The summed E-state index contributed by atoms with van der Waals surface area (Å²) >= 11 is 0. The Balaban J connectivity index is 1.54. The molecular weight excluding hydrogens is 369 g/mol. The third kappa shape index (κ3) is 4.62. The number of hydrogen-bond acceptors (Lipinski definition) is 2. The van der Waals surface area contributed by atoms with Gasteiger partial charge < -0.3 is 15.5 Å². The molecule has 0 spiro atoms. The minimum absolute atomic E-state index is 0.0383. The molecule has 0 unspecified atom stereocenters. The van der Waals surface area contributed by atoms with E-state index in [4.69, 9.17) is 0 Å². The van der Waals surface area contributed by atoms with Gasteiger partial charge in [-0.1, -0.05) is 30.3 Å². The summed E-state index contributed by atoms with van der Waals surface area (Å²) in [5, 5.41) is 5.85. The predicted molar refractivity (Wildman–Crippen MR) is 102 cm³/mol. The fourth-order valence-corrected chi connectivity index (χ4v) is 3.12. The summed E-state index contributed by atoms with van der Waals surface area (Å²) < 4.78 is 38.4. The van der Waals surface area contributed by atoms with Crippen molar-refractivity contribution in [3.8, 4) is 0 Å². The van der Waals surface area contributed by atoms with Crippen LogP contribution in [0.15, 0.2) is 53.5 Å².